The maximum atomic E-state index is 13.1. The fourth-order valence-corrected chi connectivity index (χ4v) is 3.26. The molecule has 0 radical (unpaired) electrons. The first-order valence-corrected chi connectivity index (χ1v) is 8.39. The minimum absolute atomic E-state index is 0.0784. The maximum Gasteiger partial charge on any atom is 0.328 e. The fourth-order valence-electron chi connectivity index (χ4n) is 3.26. The monoisotopic (exact) mass is 383 g/mol. The van der Waals surface area contributed by atoms with Crippen LogP contribution in [0.1, 0.15) is 18.1 Å². The van der Waals surface area contributed by atoms with Crippen LogP contribution in [0.3, 0.4) is 0 Å². The highest BCUT2D eigenvalue weighted by Gasteiger charge is 2.55. The molecule has 1 unspecified atom stereocenters. The highest BCUT2D eigenvalue weighted by Crippen LogP contribution is 2.38. The molecule has 0 aromatic heterocycles. The molecule has 1 atom stereocenters. The minimum Gasteiger partial charge on any atom is -0.480 e. The van der Waals surface area contributed by atoms with Gasteiger partial charge in [0.25, 0.3) is 11.6 Å². The van der Waals surface area contributed by atoms with Crippen LogP contribution in [-0.4, -0.2) is 44.3 Å². The van der Waals surface area contributed by atoms with Gasteiger partial charge in [0.2, 0.25) is 0 Å². The number of carboxylic acid groups (broad SMARTS) is 1. The number of benzene rings is 2. The van der Waals surface area contributed by atoms with Crippen LogP contribution < -0.4 is 0 Å². The van der Waals surface area contributed by atoms with Crippen molar-refractivity contribution in [2.75, 3.05) is 6.54 Å². The van der Waals surface area contributed by atoms with Gasteiger partial charge in [-0.1, -0.05) is 30.3 Å². The Morgan fingerprint density at radius 2 is 1.71 bits per heavy atom. The Hall–Kier alpha value is -3.75. The van der Waals surface area contributed by atoms with Crippen molar-refractivity contribution >= 4 is 23.6 Å². The Morgan fingerprint density at radius 3 is 2.25 bits per heavy atom. The second-order valence-corrected chi connectivity index (χ2v) is 6.52. The third kappa shape index (κ3) is 3.18. The summed E-state index contributed by atoms with van der Waals surface area (Å²) in [5.74, 6) is -2.00. The van der Waals surface area contributed by atoms with E-state index in [2.05, 4.69) is 0 Å². The molecule has 144 valence electrons. The number of nitrogens with zero attached hydrogens (tertiary/aromatic N) is 3. The molecule has 1 N–H and O–H groups in total. The van der Waals surface area contributed by atoms with Crippen molar-refractivity contribution in [3.05, 3.63) is 75.8 Å². The SMILES string of the molecule is CC1(c2ccc([N+](=O)[O-])cc2)C(=O)N(CC(=O)O)C(=O)N1Cc1ccccc1. The van der Waals surface area contributed by atoms with E-state index in [1.54, 1.807) is 24.3 Å². The number of carbonyl (C=O) groups is 3. The molecular formula is C19H17N3O6. The van der Waals surface area contributed by atoms with Gasteiger partial charge in [-0.05, 0) is 30.2 Å². The van der Waals surface area contributed by atoms with E-state index in [4.69, 9.17) is 5.11 Å². The van der Waals surface area contributed by atoms with Crippen molar-refractivity contribution < 1.29 is 24.4 Å². The van der Waals surface area contributed by atoms with E-state index in [0.717, 1.165) is 5.56 Å². The van der Waals surface area contributed by atoms with Gasteiger partial charge in [-0.25, -0.2) is 4.79 Å². The maximum absolute atomic E-state index is 13.1. The summed E-state index contributed by atoms with van der Waals surface area (Å²) in [6.07, 6.45) is 0. The van der Waals surface area contributed by atoms with Crippen LogP contribution >= 0.6 is 0 Å². The largest absolute Gasteiger partial charge is 0.480 e. The number of carboxylic acids is 1. The number of carbonyl (C=O) groups excluding carboxylic acids is 2. The molecule has 9 nitrogen and oxygen atoms in total. The molecule has 1 heterocycles. The third-order valence-corrected chi connectivity index (χ3v) is 4.78. The lowest BCUT2D eigenvalue weighted by Gasteiger charge is -2.32. The number of imide groups is 1. The van der Waals surface area contributed by atoms with E-state index in [0.29, 0.717) is 10.5 Å². The molecule has 0 bridgehead atoms. The lowest BCUT2D eigenvalue weighted by atomic mass is 9.89. The second kappa shape index (κ2) is 7.10. The summed E-state index contributed by atoms with van der Waals surface area (Å²) in [6, 6.07) is 13.5. The van der Waals surface area contributed by atoms with Gasteiger partial charge in [0.05, 0.1) is 4.92 Å². The smallest absolute Gasteiger partial charge is 0.328 e. The van der Waals surface area contributed by atoms with Crippen LogP contribution in [0.25, 0.3) is 0 Å². The van der Waals surface area contributed by atoms with E-state index in [9.17, 15) is 24.5 Å². The number of aliphatic carboxylic acids is 1. The zero-order chi connectivity index (χ0) is 20.5. The molecule has 28 heavy (non-hydrogen) atoms. The summed E-state index contributed by atoms with van der Waals surface area (Å²) < 4.78 is 0. The van der Waals surface area contributed by atoms with Crippen LogP contribution in [0, 0.1) is 10.1 Å². The predicted molar refractivity (Wildman–Crippen MR) is 97.2 cm³/mol. The lowest BCUT2D eigenvalue weighted by Crippen LogP contribution is -2.44. The standard InChI is InChI=1S/C19H17N3O6/c1-19(14-7-9-15(10-8-14)22(27)28)17(25)20(12-16(23)24)18(26)21(19)11-13-5-3-2-4-6-13/h2-10H,11-12H2,1H3,(H,23,24). The predicted octanol–water partition coefficient (Wildman–Crippen LogP) is 2.36. The molecule has 0 aliphatic carbocycles. The zero-order valence-corrected chi connectivity index (χ0v) is 14.9. The molecule has 1 saturated heterocycles. The second-order valence-electron chi connectivity index (χ2n) is 6.52. The number of rotatable bonds is 6. The van der Waals surface area contributed by atoms with Gasteiger partial charge in [0.1, 0.15) is 12.1 Å². The Labute approximate surface area is 159 Å². The van der Waals surface area contributed by atoms with Crippen molar-refractivity contribution in [3.63, 3.8) is 0 Å². The number of amides is 3. The quantitative estimate of drug-likeness (QED) is 0.464. The fraction of sp³-hybridized carbons (Fsp3) is 0.211. The van der Waals surface area contributed by atoms with E-state index in [-0.39, 0.29) is 12.2 Å². The molecule has 1 aliphatic rings. The normalized spacial score (nSPS) is 19.2. The molecule has 3 rings (SSSR count). The molecule has 9 heteroatoms. The van der Waals surface area contributed by atoms with Gasteiger partial charge < -0.3 is 10.0 Å². The summed E-state index contributed by atoms with van der Waals surface area (Å²) in [5.41, 5.74) is -0.521. The summed E-state index contributed by atoms with van der Waals surface area (Å²) in [6.45, 7) is 0.833. The van der Waals surface area contributed by atoms with Gasteiger partial charge in [-0.2, -0.15) is 0 Å². The number of nitro groups is 1. The highest BCUT2D eigenvalue weighted by atomic mass is 16.6. The van der Waals surface area contributed by atoms with Gasteiger partial charge in [0.15, 0.2) is 0 Å². The molecular weight excluding hydrogens is 366 g/mol. The van der Waals surface area contributed by atoms with Crippen molar-refractivity contribution in [1.82, 2.24) is 9.80 Å². The molecule has 2 aromatic carbocycles. The van der Waals surface area contributed by atoms with Crippen LogP contribution in [0.2, 0.25) is 0 Å². The Morgan fingerprint density at radius 1 is 1.11 bits per heavy atom. The zero-order valence-electron chi connectivity index (χ0n) is 14.9. The van der Waals surface area contributed by atoms with E-state index >= 15 is 0 Å². The minimum atomic E-state index is -1.49. The Kier molecular flexibility index (Phi) is 4.83. The topological polar surface area (TPSA) is 121 Å². The first-order valence-electron chi connectivity index (χ1n) is 8.39. The number of non-ortho nitro benzene ring substituents is 1. The Balaban J connectivity index is 2.06. The van der Waals surface area contributed by atoms with Crippen molar-refractivity contribution in [2.45, 2.75) is 19.0 Å². The summed E-state index contributed by atoms with van der Waals surface area (Å²) in [5, 5.41) is 20.0. The summed E-state index contributed by atoms with van der Waals surface area (Å²) in [4.78, 5) is 49.4. The van der Waals surface area contributed by atoms with Crippen LogP contribution in [0.4, 0.5) is 10.5 Å². The highest BCUT2D eigenvalue weighted by molar-refractivity contribution is 6.08. The van der Waals surface area contributed by atoms with Gasteiger partial charge >= 0.3 is 12.0 Å². The summed E-state index contributed by atoms with van der Waals surface area (Å²) >= 11 is 0. The Bertz CT molecular complexity index is 944. The first-order chi connectivity index (χ1) is 13.2. The molecule has 1 fully saturated rings. The average Bonchev–Trinajstić information content (AvgIpc) is 2.85. The number of urea groups is 1. The van der Waals surface area contributed by atoms with Crippen LogP contribution in [-0.2, 0) is 21.7 Å². The molecule has 3 amide bonds. The number of hydrogen-bond acceptors (Lipinski definition) is 5. The van der Waals surface area contributed by atoms with Crippen LogP contribution in [0.5, 0.6) is 0 Å². The molecule has 0 saturated carbocycles. The molecule has 0 spiro atoms. The molecule has 2 aromatic rings. The first kappa shape index (κ1) is 19.0. The van der Waals surface area contributed by atoms with Crippen LogP contribution in [0.15, 0.2) is 54.6 Å². The van der Waals surface area contributed by atoms with Gasteiger partial charge in [-0.15, -0.1) is 0 Å². The van der Waals surface area contributed by atoms with E-state index in [1.807, 2.05) is 6.07 Å². The van der Waals surface area contributed by atoms with Gasteiger partial charge in [0, 0.05) is 18.7 Å². The third-order valence-electron chi connectivity index (χ3n) is 4.78. The van der Waals surface area contributed by atoms with E-state index in [1.165, 1.54) is 36.1 Å². The molecule has 1 aliphatic heterocycles. The number of hydrogen-bond donors (Lipinski definition) is 1. The number of nitro benzene ring substituents is 1. The van der Waals surface area contributed by atoms with Crippen molar-refractivity contribution in [3.8, 4) is 0 Å². The van der Waals surface area contributed by atoms with E-state index < -0.39 is 34.9 Å². The van der Waals surface area contributed by atoms with Crippen molar-refractivity contribution in [2.24, 2.45) is 0 Å². The van der Waals surface area contributed by atoms with Gasteiger partial charge in [-0.3, -0.25) is 24.6 Å². The van der Waals surface area contributed by atoms with Crippen molar-refractivity contribution in [1.29, 1.82) is 0 Å². The summed E-state index contributed by atoms with van der Waals surface area (Å²) in [7, 11) is 0. The lowest BCUT2D eigenvalue weighted by molar-refractivity contribution is -0.384. The average molecular weight is 383 g/mol.